The Morgan fingerprint density at radius 1 is 1.40 bits per heavy atom. The predicted octanol–water partition coefficient (Wildman–Crippen LogP) is 2.23. The van der Waals surface area contributed by atoms with Gasteiger partial charge in [-0.05, 0) is 43.4 Å². The molecule has 0 aromatic carbocycles. The van der Waals surface area contributed by atoms with Crippen molar-refractivity contribution in [2.24, 2.45) is 17.0 Å². The summed E-state index contributed by atoms with van der Waals surface area (Å²) >= 11 is 0. The van der Waals surface area contributed by atoms with Crippen LogP contribution in [0.25, 0.3) is 0 Å². The summed E-state index contributed by atoms with van der Waals surface area (Å²) < 4.78 is 27.3. The fraction of sp³-hybridized carbons (Fsp3) is 0.714. The van der Waals surface area contributed by atoms with Crippen LogP contribution in [0.1, 0.15) is 44.8 Å². The largest absolute Gasteiger partial charge is 0.447 e. The second kappa shape index (κ2) is 6.74. The lowest BCUT2D eigenvalue weighted by Gasteiger charge is -2.26. The van der Waals surface area contributed by atoms with E-state index in [9.17, 15) is 8.42 Å². The maximum atomic E-state index is 11.1. The Bertz CT molecular complexity index is 524. The number of sulfonamides is 1. The number of nitrogens with two attached hydrogens (primary N) is 1. The second-order valence-corrected chi connectivity index (χ2v) is 7.36. The maximum absolute atomic E-state index is 11.1. The average Bonchev–Trinajstić information content (AvgIpc) is 2.83. The molecule has 5 nitrogen and oxygen atoms in total. The zero-order chi connectivity index (χ0) is 14.6. The van der Waals surface area contributed by atoms with Gasteiger partial charge in [0.2, 0.25) is 5.09 Å². The number of hydrogen-bond acceptors (Lipinski definition) is 4. The van der Waals surface area contributed by atoms with Gasteiger partial charge >= 0.3 is 0 Å². The normalized spacial score (nSPS) is 23.9. The van der Waals surface area contributed by atoms with Gasteiger partial charge in [-0.1, -0.05) is 26.2 Å². The van der Waals surface area contributed by atoms with Gasteiger partial charge in [0, 0.05) is 0 Å². The Hall–Kier alpha value is -0.850. The molecular formula is C14H24N2O3S. The minimum Gasteiger partial charge on any atom is -0.447 e. The molecule has 2 atom stereocenters. The highest BCUT2D eigenvalue weighted by Crippen LogP contribution is 2.30. The minimum absolute atomic E-state index is 0.171. The quantitative estimate of drug-likeness (QED) is 0.789. The van der Waals surface area contributed by atoms with E-state index in [4.69, 9.17) is 9.56 Å². The molecule has 6 heteroatoms. The average molecular weight is 300 g/mol. The number of nitrogens with one attached hydrogen (secondary N) is 1. The van der Waals surface area contributed by atoms with Gasteiger partial charge < -0.3 is 9.73 Å². The molecule has 0 amide bonds. The van der Waals surface area contributed by atoms with Gasteiger partial charge in [0.05, 0.1) is 6.54 Å². The van der Waals surface area contributed by atoms with Crippen LogP contribution in [0.5, 0.6) is 0 Å². The third kappa shape index (κ3) is 4.61. The van der Waals surface area contributed by atoms with Gasteiger partial charge in [0.25, 0.3) is 10.0 Å². The number of rotatable bonds is 6. The highest BCUT2D eigenvalue weighted by molar-refractivity contribution is 7.89. The summed E-state index contributed by atoms with van der Waals surface area (Å²) in [7, 11) is -3.73. The molecule has 1 fully saturated rings. The Kier molecular flexibility index (Phi) is 5.23. The molecule has 1 aliphatic rings. The van der Waals surface area contributed by atoms with Crippen molar-refractivity contribution in [2.75, 3.05) is 6.54 Å². The molecule has 20 heavy (non-hydrogen) atoms. The van der Waals surface area contributed by atoms with Gasteiger partial charge in [0.1, 0.15) is 5.76 Å². The van der Waals surface area contributed by atoms with Crippen LogP contribution in [-0.2, 0) is 16.6 Å². The maximum Gasteiger partial charge on any atom is 0.271 e. The van der Waals surface area contributed by atoms with E-state index < -0.39 is 10.0 Å². The van der Waals surface area contributed by atoms with Gasteiger partial charge in [-0.25, -0.2) is 13.6 Å². The van der Waals surface area contributed by atoms with E-state index in [2.05, 4.69) is 12.2 Å². The zero-order valence-corrected chi connectivity index (χ0v) is 12.8. The van der Waals surface area contributed by atoms with Crippen molar-refractivity contribution < 1.29 is 12.8 Å². The standard InChI is InChI=1S/C14H24N2O3S/c1-11-3-2-4-12(9-11)7-8-16-10-13-5-6-14(19-13)20(15,17)18/h5-6,11-12,16H,2-4,7-10H2,1H3,(H2,15,17,18). The van der Waals surface area contributed by atoms with Crippen LogP contribution >= 0.6 is 0 Å². The summed E-state index contributed by atoms with van der Waals surface area (Å²) in [5, 5.41) is 8.12. The van der Waals surface area contributed by atoms with Gasteiger partial charge in [0.15, 0.2) is 0 Å². The number of primary sulfonamides is 1. The van der Waals surface area contributed by atoms with Crippen molar-refractivity contribution in [1.82, 2.24) is 5.32 Å². The summed E-state index contributed by atoms with van der Waals surface area (Å²) in [4.78, 5) is 0. The molecule has 0 radical (unpaired) electrons. The first kappa shape index (κ1) is 15.5. The van der Waals surface area contributed by atoms with Crippen molar-refractivity contribution in [3.8, 4) is 0 Å². The van der Waals surface area contributed by atoms with E-state index in [1.54, 1.807) is 6.07 Å². The molecule has 3 N–H and O–H groups in total. The van der Waals surface area contributed by atoms with E-state index in [0.717, 1.165) is 18.4 Å². The summed E-state index contributed by atoms with van der Waals surface area (Å²) in [5.41, 5.74) is 0. The Morgan fingerprint density at radius 3 is 2.85 bits per heavy atom. The monoisotopic (exact) mass is 300 g/mol. The lowest BCUT2D eigenvalue weighted by Crippen LogP contribution is -2.21. The van der Waals surface area contributed by atoms with Crippen molar-refractivity contribution >= 4 is 10.0 Å². The zero-order valence-electron chi connectivity index (χ0n) is 12.0. The fourth-order valence-electron chi connectivity index (χ4n) is 2.95. The van der Waals surface area contributed by atoms with E-state index >= 15 is 0 Å². The molecule has 2 rings (SSSR count). The molecule has 0 saturated heterocycles. The topological polar surface area (TPSA) is 85.3 Å². The van der Waals surface area contributed by atoms with Crippen LogP contribution in [-0.4, -0.2) is 15.0 Å². The van der Waals surface area contributed by atoms with Crippen LogP contribution in [0.3, 0.4) is 0 Å². The molecule has 0 aliphatic heterocycles. The van der Waals surface area contributed by atoms with Crippen LogP contribution in [0.4, 0.5) is 0 Å². The van der Waals surface area contributed by atoms with E-state index in [1.165, 1.54) is 38.2 Å². The first-order chi connectivity index (χ1) is 9.45. The van der Waals surface area contributed by atoms with Crippen LogP contribution in [0.15, 0.2) is 21.6 Å². The molecule has 1 heterocycles. The number of furan rings is 1. The molecular weight excluding hydrogens is 276 g/mol. The predicted molar refractivity (Wildman–Crippen MR) is 77.5 cm³/mol. The highest BCUT2D eigenvalue weighted by atomic mass is 32.2. The SMILES string of the molecule is CC1CCCC(CCNCc2ccc(S(N)(=O)=O)o2)C1. The number of hydrogen-bond donors (Lipinski definition) is 2. The lowest BCUT2D eigenvalue weighted by atomic mass is 9.81. The highest BCUT2D eigenvalue weighted by Gasteiger charge is 2.18. The molecule has 0 spiro atoms. The Balaban J connectivity index is 1.69. The third-order valence-corrected chi connectivity index (χ3v) is 4.77. The third-order valence-electron chi connectivity index (χ3n) is 3.99. The first-order valence-electron chi connectivity index (χ1n) is 7.27. The minimum atomic E-state index is -3.73. The van der Waals surface area contributed by atoms with Crippen LogP contribution in [0, 0.1) is 11.8 Å². The molecule has 114 valence electrons. The van der Waals surface area contributed by atoms with E-state index in [1.807, 2.05) is 0 Å². The molecule has 2 unspecified atom stereocenters. The Morgan fingerprint density at radius 2 is 2.20 bits per heavy atom. The van der Waals surface area contributed by atoms with Crippen molar-refractivity contribution in [3.63, 3.8) is 0 Å². The molecule has 0 bridgehead atoms. The van der Waals surface area contributed by atoms with Crippen molar-refractivity contribution in [3.05, 3.63) is 17.9 Å². The van der Waals surface area contributed by atoms with Crippen LogP contribution < -0.4 is 10.5 Å². The molecule has 1 aromatic rings. The summed E-state index contributed by atoms with van der Waals surface area (Å²) in [6, 6.07) is 3.05. The van der Waals surface area contributed by atoms with Gasteiger partial charge in [-0.15, -0.1) is 0 Å². The lowest BCUT2D eigenvalue weighted by molar-refractivity contribution is 0.266. The fourth-order valence-corrected chi connectivity index (χ4v) is 3.43. The van der Waals surface area contributed by atoms with Gasteiger partial charge in [-0.2, -0.15) is 0 Å². The van der Waals surface area contributed by atoms with Crippen molar-refractivity contribution in [2.45, 2.75) is 50.7 Å². The van der Waals surface area contributed by atoms with E-state index in [-0.39, 0.29) is 5.09 Å². The molecule has 1 aromatic heterocycles. The summed E-state index contributed by atoms with van der Waals surface area (Å²) in [5.74, 6) is 2.28. The summed E-state index contributed by atoms with van der Waals surface area (Å²) in [6.45, 7) is 3.80. The van der Waals surface area contributed by atoms with E-state index in [0.29, 0.717) is 12.3 Å². The smallest absolute Gasteiger partial charge is 0.271 e. The molecule has 1 saturated carbocycles. The Labute approximate surface area is 121 Å². The summed E-state index contributed by atoms with van der Waals surface area (Å²) in [6.07, 6.45) is 6.56. The second-order valence-electron chi connectivity index (χ2n) is 5.87. The van der Waals surface area contributed by atoms with Crippen LogP contribution in [0.2, 0.25) is 0 Å². The van der Waals surface area contributed by atoms with Crippen molar-refractivity contribution in [1.29, 1.82) is 0 Å². The first-order valence-corrected chi connectivity index (χ1v) is 8.82. The van der Waals surface area contributed by atoms with Gasteiger partial charge in [-0.3, -0.25) is 0 Å². The molecule has 1 aliphatic carbocycles.